The molecule has 0 radical (unpaired) electrons. The van der Waals surface area contributed by atoms with Gasteiger partial charge in [-0.05, 0) is 34.7 Å². The molecule has 0 bridgehead atoms. The summed E-state index contributed by atoms with van der Waals surface area (Å²) < 4.78 is 33.5. The molecule has 1 heterocycles. The molecule has 0 spiro atoms. The van der Waals surface area contributed by atoms with Crippen LogP contribution in [-0.2, 0) is 16.5 Å². The van der Waals surface area contributed by atoms with E-state index in [0.717, 1.165) is 22.1 Å². The van der Waals surface area contributed by atoms with Gasteiger partial charge in [0.2, 0.25) is 0 Å². The Morgan fingerprint density at radius 3 is 2.43 bits per heavy atom. The first-order valence-electron chi connectivity index (χ1n) is 6.68. The number of hydrogen-bond acceptors (Lipinski definition) is 4. The molecule has 1 aliphatic rings. The molecule has 0 unspecified atom stereocenters. The van der Waals surface area contributed by atoms with Crippen LogP contribution in [0, 0.1) is 0 Å². The summed E-state index contributed by atoms with van der Waals surface area (Å²) in [6, 6.07) is 11.5. The number of aromatic nitrogens is 1. The number of pyridine rings is 1. The van der Waals surface area contributed by atoms with Gasteiger partial charge in [-0.3, -0.25) is 4.79 Å². The topological polar surface area (TPSA) is 90.1 Å². The molecule has 3 aromatic rings. The van der Waals surface area contributed by atoms with Gasteiger partial charge in [0.15, 0.2) is 0 Å². The van der Waals surface area contributed by atoms with E-state index < -0.39 is 10.1 Å². The standard InChI is InChI=1S/C16H11NO4S.Na/c18-16-13-4-2-1-3-12(13)14-8-9-7-10(22(19,20)21)5-6-11(9)15(14)17-16;/h1-7H,8H2,(H,17,18)(H,19,20,21);/q;+1/p-1. The summed E-state index contributed by atoms with van der Waals surface area (Å²) in [5.41, 5.74) is 2.98. The van der Waals surface area contributed by atoms with Crippen molar-refractivity contribution in [1.82, 2.24) is 4.98 Å². The fraction of sp³-hybridized carbons (Fsp3) is 0.0625. The van der Waals surface area contributed by atoms with Crippen molar-refractivity contribution >= 4 is 20.9 Å². The molecular formula is C16H10NNaO4S. The predicted octanol–water partition coefficient (Wildman–Crippen LogP) is -0.993. The number of benzene rings is 2. The number of H-pyrrole nitrogens is 1. The van der Waals surface area contributed by atoms with Crippen molar-refractivity contribution < 1.29 is 42.5 Å². The van der Waals surface area contributed by atoms with Gasteiger partial charge in [-0.1, -0.05) is 24.3 Å². The van der Waals surface area contributed by atoms with Crippen LogP contribution in [-0.4, -0.2) is 18.0 Å². The first-order valence-corrected chi connectivity index (χ1v) is 8.09. The molecule has 0 amide bonds. The molecule has 110 valence electrons. The molecule has 0 fully saturated rings. The minimum atomic E-state index is -4.48. The molecule has 1 aliphatic carbocycles. The van der Waals surface area contributed by atoms with Gasteiger partial charge in [0.25, 0.3) is 5.56 Å². The van der Waals surface area contributed by atoms with Crippen LogP contribution in [0.2, 0.25) is 0 Å². The van der Waals surface area contributed by atoms with Crippen LogP contribution in [0.15, 0.2) is 52.2 Å². The zero-order valence-corrected chi connectivity index (χ0v) is 15.1. The maximum atomic E-state index is 12.2. The van der Waals surface area contributed by atoms with Crippen LogP contribution in [0.1, 0.15) is 11.1 Å². The average Bonchev–Trinajstić information content (AvgIpc) is 2.85. The van der Waals surface area contributed by atoms with Gasteiger partial charge < -0.3 is 9.54 Å². The van der Waals surface area contributed by atoms with Crippen LogP contribution >= 0.6 is 0 Å². The van der Waals surface area contributed by atoms with E-state index in [1.165, 1.54) is 12.1 Å². The fourth-order valence-electron chi connectivity index (χ4n) is 3.05. The van der Waals surface area contributed by atoms with E-state index in [1.807, 2.05) is 12.1 Å². The van der Waals surface area contributed by atoms with Crippen LogP contribution in [0.5, 0.6) is 0 Å². The normalized spacial score (nSPS) is 12.6. The number of rotatable bonds is 1. The second-order valence-corrected chi connectivity index (χ2v) is 6.68. The maximum Gasteiger partial charge on any atom is 1.00 e. The van der Waals surface area contributed by atoms with Gasteiger partial charge in [-0.2, -0.15) is 0 Å². The molecular weight excluding hydrogens is 325 g/mol. The third kappa shape index (κ3) is 2.56. The summed E-state index contributed by atoms with van der Waals surface area (Å²) in [6.07, 6.45) is 0.491. The molecule has 0 aliphatic heterocycles. The predicted molar refractivity (Wildman–Crippen MR) is 80.8 cm³/mol. The quantitative estimate of drug-likeness (QED) is 0.357. The Kier molecular flexibility index (Phi) is 3.98. The molecule has 4 rings (SSSR count). The largest absolute Gasteiger partial charge is 1.00 e. The summed E-state index contributed by atoms with van der Waals surface area (Å²) in [7, 11) is -4.48. The van der Waals surface area contributed by atoms with Crippen LogP contribution in [0.4, 0.5) is 0 Å². The molecule has 0 atom stereocenters. The number of aromatic amines is 1. The third-order valence-electron chi connectivity index (χ3n) is 4.04. The van der Waals surface area contributed by atoms with Crippen molar-refractivity contribution in [2.75, 3.05) is 0 Å². The maximum absolute atomic E-state index is 12.2. The molecule has 2 aromatic carbocycles. The van der Waals surface area contributed by atoms with E-state index in [2.05, 4.69) is 4.98 Å². The molecule has 0 saturated heterocycles. The van der Waals surface area contributed by atoms with Crippen molar-refractivity contribution in [3.05, 3.63) is 63.9 Å². The average molecular weight is 335 g/mol. The first-order chi connectivity index (χ1) is 10.4. The first kappa shape index (κ1) is 16.4. The van der Waals surface area contributed by atoms with Crippen LogP contribution in [0.3, 0.4) is 0 Å². The van der Waals surface area contributed by atoms with E-state index in [0.29, 0.717) is 17.5 Å². The van der Waals surface area contributed by atoms with Crippen LogP contribution in [0.25, 0.3) is 22.0 Å². The molecule has 23 heavy (non-hydrogen) atoms. The second kappa shape index (κ2) is 5.58. The molecule has 1 aromatic heterocycles. The van der Waals surface area contributed by atoms with Gasteiger partial charge in [0.1, 0.15) is 10.1 Å². The monoisotopic (exact) mass is 335 g/mol. The number of hydrogen-bond donors (Lipinski definition) is 1. The van der Waals surface area contributed by atoms with E-state index in [4.69, 9.17) is 0 Å². The molecule has 0 saturated carbocycles. The minimum Gasteiger partial charge on any atom is -0.744 e. The summed E-state index contributed by atoms with van der Waals surface area (Å²) >= 11 is 0. The molecule has 5 nitrogen and oxygen atoms in total. The van der Waals surface area contributed by atoms with Crippen molar-refractivity contribution in [1.29, 1.82) is 0 Å². The summed E-state index contributed by atoms with van der Waals surface area (Å²) in [5.74, 6) is 0. The van der Waals surface area contributed by atoms with E-state index in [1.54, 1.807) is 18.2 Å². The van der Waals surface area contributed by atoms with Gasteiger partial charge >= 0.3 is 29.6 Å². The Morgan fingerprint density at radius 1 is 1.04 bits per heavy atom. The number of fused-ring (bicyclic) bond motifs is 5. The number of nitrogens with one attached hydrogen (secondary N) is 1. The molecule has 1 N–H and O–H groups in total. The Morgan fingerprint density at radius 2 is 1.74 bits per heavy atom. The summed E-state index contributed by atoms with van der Waals surface area (Å²) in [6.45, 7) is 0. The summed E-state index contributed by atoms with van der Waals surface area (Å²) in [5, 5.41) is 1.45. The van der Waals surface area contributed by atoms with Crippen molar-refractivity contribution in [3.63, 3.8) is 0 Å². The Balaban J connectivity index is 0.00000156. The van der Waals surface area contributed by atoms with Gasteiger partial charge in [-0.15, -0.1) is 0 Å². The van der Waals surface area contributed by atoms with Crippen LogP contribution < -0.4 is 35.1 Å². The third-order valence-corrected chi connectivity index (χ3v) is 4.87. The van der Waals surface area contributed by atoms with Crippen molar-refractivity contribution in [2.24, 2.45) is 0 Å². The van der Waals surface area contributed by atoms with E-state index >= 15 is 0 Å². The fourth-order valence-corrected chi connectivity index (χ4v) is 3.58. The van der Waals surface area contributed by atoms with E-state index in [-0.39, 0.29) is 40.0 Å². The second-order valence-electron chi connectivity index (χ2n) is 5.30. The van der Waals surface area contributed by atoms with Crippen molar-refractivity contribution in [2.45, 2.75) is 11.3 Å². The van der Waals surface area contributed by atoms with Gasteiger partial charge in [-0.25, -0.2) is 8.42 Å². The van der Waals surface area contributed by atoms with Gasteiger partial charge in [0.05, 0.1) is 10.6 Å². The Hall–Kier alpha value is -1.44. The zero-order chi connectivity index (χ0) is 15.5. The SMILES string of the molecule is O=c1[nH]c2c(c3ccccc13)Cc1cc(S(=O)(=O)[O-])ccc1-2.[Na+]. The zero-order valence-electron chi connectivity index (χ0n) is 12.3. The van der Waals surface area contributed by atoms with Gasteiger partial charge in [0, 0.05) is 17.4 Å². The Labute approximate surface area is 154 Å². The summed E-state index contributed by atoms with van der Waals surface area (Å²) in [4.78, 5) is 14.8. The Bertz CT molecular complexity index is 1100. The smallest absolute Gasteiger partial charge is 0.744 e. The minimum absolute atomic E-state index is 0. The van der Waals surface area contributed by atoms with E-state index in [9.17, 15) is 17.8 Å². The van der Waals surface area contributed by atoms with Crippen molar-refractivity contribution in [3.8, 4) is 11.3 Å². The molecule has 7 heteroatoms.